The summed E-state index contributed by atoms with van der Waals surface area (Å²) in [5, 5.41) is 9.45. The van der Waals surface area contributed by atoms with E-state index < -0.39 is 10.0 Å². The summed E-state index contributed by atoms with van der Waals surface area (Å²) < 4.78 is 38.1. The van der Waals surface area contributed by atoms with Crippen LogP contribution in [-0.4, -0.2) is 51.4 Å². The van der Waals surface area contributed by atoms with Crippen molar-refractivity contribution in [3.63, 3.8) is 0 Å². The number of benzene rings is 1. The highest BCUT2D eigenvalue weighted by Gasteiger charge is 2.17. The van der Waals surface area contributed by atoms with E-state index in [1.807, 2.05) is 4.90 Å². The fourth-order valence-electron chi connectivity index (χ4n) is 1.98. The Morgan fingerprint density at radius 3 is 2.70 bits per heavy atom. The molecule has 1 aromatic carbocycles. The number of aliphatic hydroxyl groups is 1. The Bertz CT molecular complexity index is 522. The normalized spacial score (nSPS) is 13.7. The van der Waals surface area contributed by atoms with E-state index in [9.17, 15) is 17.9 Å². The van der Waals surface area contributed by atoms with E-state index in [2.05, 4.69) is 4.72 Å². The van der Waals surface area contributed by atoms with Crippen LogP contribution in [0.25, 0.3) is 0 Å². The summed E-state index contributed by atoms with van der Waals surface area (Å²) in [5.41, 5.74) is 0.673. The number of nitrogens with one attached hydrogen (secondary N) is 1. The number of likely N-dealkylation sites (N-methyl/N-ethyl adjacent to an activating group) is 1. The molecular formula is C13H21FN2O3S. The number of rotatable bonds is 8. The van der Waals surface area contributed by atoms with Crippen molar-refractivity contribution in [3.8, 4) is 0 Å². The molecule has 0 aliphatic carbocycles. The van der Waals surface area contributed by atoms with E-state index in [1.54, 1.807) is 19.2 Å². The molecule has 20 heavy (non-hydrogen) atoms. The maximum absolute atomic E-state index is 13.2. The molecule has 0 saturated heterocycles. The molecule has 2 N–H and O–H groups in total. The molecule has 5 nitrogen and oxygen atoms in total. The highest BCUT2D eigenvalue weighted by atomic mass is 32.2. The van der Waals surface area contributed by atoms with Crippen LogP contribution in [0.4, 0.5) is 4.39 Å². The lowest BCUT2D eigenvalue weighted by Crippen LogP contribution is -2.30. The third-order valence-corrected chi connectivity index (χ3v) is 4.62. The highest BCUT2D eigenvalue weighted by Crippen LogP contribution is 2.19. The molecular weight excluding hydrogens is 283 g/mol. The van der Waals surface area contributed by atoms with Crippen LogP contribution in [0.1, 0.15) is 18.0 Å². The third kappa shape index (κ3) is 5.16. The molecule has 0 aliphatic heterocycles. The van der Waals surface area contributed by atoms with Gasteiger partial charge in [0.15, 0.2) is 0 Å². The summed E-state index contributed by atoms with van der Waals surface area (Å²) in [6.07, 6.45) is 0.436. The van der Waals surface area contributed by atoms with Crippen molar-refractivity contribution in [2.45, 2.75) is 12.5 Å². The average Bonchev–Trinajstić information content (AvgIpc) is 2.39. The quantitative estimate of drug-likeness (QED) is 0.743. The Balaban J connectivity index is 2.62. The van der Waals surface area contributed by atoms with Gasteiger partial charge >= 0.3 is 0 Å². The molecule has 0 heterocycles. The fourth-order valence-corrected chi connectivity index (χ4v) is 2.69. The van der Waals surface area contributed by atoms with Gasteiger partial charge in [0, 0.05) is 0 Å². The van der Waals surface area contributed by atoms with Crippen molar-refractivity contribution < 1.29 is 17.9 Å². The molecule has 1 aromatic rings. The summed E-state index contributed by atoms with van der Waals surface area (Å²) in [6.45, 7) is 0.335. The van der Waals surface area contributed by atoms with Crippen LogP contribution >= 0.6 is 0 Å². The molecule has 1 atom stereocenters. The topological polar surface area (TPSA) is 69.6 Å². The number of aliphatic hydroxyl groups excluding tert-OH is 1. The fraction of sp³-hybridized carbons (Fsp3) is 0.538. The Morgan fingerprint density at radius 2 is 2.15 bits per heavy atom. The smallest absolute Gasteiger partial charge is 0.211 e. The maximum atomic E-state index is 13.2. The van der Waals surface area contributed by atoms with Crippen LogP contribution in [0.2, 0.25) is 0 Å². The van der Waals surface area contributed by atoms with Gasteiger partial charge in [0.1, 0.15) is 5.82 Å². The molecule has 0 bridgehead atoms. The van der Waals surface area contributed by atoms with E-state index in [1.165, 1.54) is 19.2 Å². The van der Waals surface area contributed by atoms with Crippen molar-refractivity contribution in [1.82, 2.24) is 9.62 Å². The van der Waals surface area contributed by atoms with Gasteiger partial charge in [0.05, 0.1) is 18.4 Å². The minimum absolute atomic E-state index is 0.0230. The first-order valence-electron chi connectivity index (χ1n) is 6.37. The Kier molecular flexibility index (Phi) is 6.54. The predicted molar refractivity (Wildman–Crippen MR) is 76.3 cm³/mol. The lowest BCUT2D eigenvalue weighted by molar-refractivity contribution is 0.148. The molecule has 7 heteroatoms. The predicted octanol–water partition coefficient (Wildman–Crippen LogP) is 0.730. The van der Waals surface area contributed by atoms with Crippen LogP contribution in [0.5, 0.6) is 0 Å². The molecule has 1 rings (SSSR count). The second kappa shape index (κ2) is 7.68. The molecule has 0 saturated carbocycles. The van der Waals surface area contributed by atoms with Gasteiger partial charge in [0.25, 0.3) is 0 Å². The highest BCUT2D eigenvalue weighted by molar-refractivity contribution is 7.89. The molecule has 0 amide bonds. The van der Waals surface area contributed by atoms with Crippen LogP contribution in [-0.2, 0) is 10.0 Å². The average molecular weight is 304 g/mol. The summed E-state index contributed by atoms with van der Waals surface area (Å²) in [5.74, 6) is -0.332. The van der Waals surface area contributed by atoms with Gasteiger partial charge in [-0.3, -0.25) is 4.90 Å². The second-order valence-electron chi connectivity index (χ2n) is 4.61. The molecule has 0 aromatic heterocycles. The minimum atomic E-state index is -3.22. The summed E-state index contributed by atoms with van der Waals surface area (Å²) in [6, 6.07) is 5.71. The third-order valence-electron chi connectivity index (χ3n) is 3.17. The van der Waals surface area contributed by atoms with E-state index in [0.717, 1.165) is 0 Å². The lowest BCUT2D eigenvalue weighted by atomic mass is 10.1. The maximum Gasteiger partial charge on any atom is 0.211 e. The van der Waals surface area contributed by atoms with Crippen molar-refractivity contribution in [2.24, 2.45) is 0 Å². The van der Waals surface area contributed by atoms with E-state index in [4.69, 9.17) is 0 Å². The standard InChI is InChI=1S/C13H21FN2O3S/c1-15-20(18,19)8-4-7-16(2)13(10-17)11-5-3-6-12(14)9-11/h3,5-6,9,13,15,17H,4,7-8,10H2,1-2H3/t13-/m1/s1. The van der Waals surface area contributed by atoms with Crippen LogP contribution in [0, 0.1) is 5.82 Å². The summed E-state index contributed by atoms with van der Waals surface area (Å²) in [4.78, 5) is 1.82. The van der Waals surface area contributed by atoms with E-state index in [0.29, 0.717) is 18.5 Å². The van der Waals surface area contributed by atoms with E-state index in [-0.39, 0.29) is 24.2 Å². The molecule has 114 valence electrons. The van der Waals surface area contributed by atoms with Crippen molar-refractivity contribution >= 4 is 10.0 Å². The van der Waals surface area contributed by atoms with Gasteiger partial charge in [-0.2, -0.15) is 0 Å². The largest absolute Gasteiger partial charge is 0.394 e. The SMILES string of the molecule is CNS(=O)(=O)CCCN(C)[C@H](CO)c1cccc(F)c1. The zero-order chi connectivity index (χ0) is 15.2. The zero-order valence-corrected chi connectivity index (χ0v) is 12.5. The number of halogens is 1. The first kappa shape index (κ1) is 17.0. The van der Waals surface area contributed by atoms with Gasteiger partial charge in [-0.15, -0.1) is 0 Å². The summed E-state index contributed by atoms with van der Waals surface area (Å²) >= 11 is 0. The van der Waals surface area contributed by atoms with Crippen LogP contribution in [0.15, 0.2) is 24.3 Å². The Morgan fingerprint density at radius 1 is 1.45 bits per heavy atom. The summed E-state index contributed by atoms with van der Waals surface area (Å²) in [7, 11) is -0.0652. The number of hydrogen-bond acceptors (Lipinski definition) is 4. The lowest BCUT2D eigenvalue weighted by Gasteiger charge is -2.26. The first-order valence-corrected chi connectivity index (χ1v) is 8.02. The van der Waals surface area contributed by atoms with Gasteiger partial charge in [-0.1, -0.05) is 12.1 Å². The minimum Gasteiger partial charge on any atom is -0.394 e. The van der Waals surface area contributed by atoms with Crippen LogP contribution < -0.4 is 4.72 Å². The van der Waals surface area contributed by atoms with Gasteiger partial charge < -0.3 is 5.11 Å². The number of sulfonamides is 1. The number of nitrogens with zero attached hydrogens (tertiary/aromatic N) is 1. The molecule has 0 unspecified atom stereocenters. The van der Waals surface area contributed by atoms with Gasteiger partial charge in [-0.25, -0.2) is 17.5 Å². The second-order valence-corrected chi connectivity index (χ2v) is 6.66. The molecule has 0 radical (unpaired) electrons. The van der Waals surface area contributed by atoms with Crippen LogP contribution in [0.3, 0.4) is 0 Å². The molecule has 0 spiro atoms. The Labute approximate surface area is 119 Å². The van der Waals surface area contributed by atoms with Gasteiger partial charge in [0.2, 0.25) is 10.0 Å². The van der Waals surface area contributed by atoms with Crippen molar-refractivity contribution in [3.05, 3.63) is 35.6 Å². The van der Waals surface area contributed by atoms with Crippen molar-refractivity contribution in [2.75, 3.05) is 33.0 Å². The zero-order valence-electron chi connectivity index (χ0n) is 11.7. The molecule has 0 fully saturated rings. The number of hydrogen-bond donors (Lipinski definition) is 2. The molecule has 0 aliphatic rings. The van der Waals surface area contributed by atoms with Gasteiger partial charge in [-0.05, 0) is 44.8 Å². The first-order chi connectivity index (χ1) is 9.39. The van der Waals surface area contributed by atoms with Crippen molar-refractivity contribution in [1.29, 1.82) is 0 Å². The Hall–Kier alpha value is -1.02. The van der Waals surface area contributed by atoms with E-state index >= 15 is 0 Å². The monoisotopic (exact) mass is 304 g/mol.